The van der Waals surface area contributed by atoms with Crippen LogP contribution in [0.4, 0.5) is 0 Å². The van der Waals surface area contributed by atoms with Crippen molar-refractivity contribution in [2.75, 3.05) is 21.1 Å². The predicted molar refractivity (Wildman–Crippen MR) is 52.0 cm³/mol. The molecule has 0 saturated carbocycles. The first kappa shape index (κ1) is 12.2. The minimum absolute atomic E-state index is 0.149. The summed E-state index contributed by atoms with van der Waals surface area (Å²) in [5, 5.41) is 13.3. The Bertz CT molecular complexity index is 282. The Kier molecular flexibility index (Phi) is 4.98. The van der Waals surface area contributed by atoms with E-state index in [1.807, 2.05) is 0 Å². The van der Waals surface area contributed by atoms with Gasteiger partial charge in [-0.2, -0.15) is 0 Å². The number of carbonyl (C=O) groups excluding carboxylic acids is 1. The minimum atomic E-state index is -0.550. The molecule has 1 N–H and O–H groups in total. The molecule has 0 radical (unpaired) electrons. The molecule has 6 nitrogen and oxygen atoms in total. The molecule has 0 unspecified atom stereocenters. The fraction of sp³-hybridized carbons (Fsp3) is 0.375. The van der Waals surface area contributed by atoms with Crippen molar-refractivity contribution in [2.45, 2.75) is 0 Å². The zero-order valence-corrected chi connectivity index (χ0v) is 8.35. The SMILES string of the molecule is CN/C(=C(\C=C/C=O)[N+](=O)[O-])N(C)C. The Labute approximate surface area is 82.0 Å². The predicted octanol–water partition coefficient (Wildman–Crippen LogP) is -0.0317. The van der Waals surface area contributed by atoms with Gasteiger partial charge in [-0.05, 0) is 6.08 Å². The van der Waals surface area contributed by atoms with E-state index in [9.17, 15) is 14.9 Å². The first-order valence-corrected chi connectivity index (χ1v) is 3.90. The van der Waals surface area contributed by atoms with Crippen molar-refractivity contribution >= 4 is 6.29 Å². The summed E-state index contributed by atoms with van der Waals surface area (Å²) in [6.45, 7) is 0. The van der Waals surface area contributed by atoms with Crippen LogP contribution in [0.15, 0.2) is 23.7 Å². The Morgan fingerprint density at radius 3 is 2.36 bits per heavy atom. The summed E-state index contributed by atoms with van der Waals surface area (Å²) in [4.78, 5) is 21.7. The van der Waals surface area contributed by atoms with Gasteiger partial charge in [0.1, 0.15) is 6.29 Å². The molecule has 0 saturated heterocycles. The average molecular weight is 199 g/mol. The second-order valence-electron chi connectivity index (χ2n) is 2.63. The van der Waals surface area contributed by atoms with Crippen LogP contribution in [0.25, 0.3) is 0 Å². The van der Waals surface area contributed by atoms with E-state index in [1.165, 1.54) is 0 Å². The summed E-state index contributed by atoms with van der Waals surface area (Å²) >= 11 is 0. The molecule has 0 aromatic carbocycles. The lowest BCUT2D eigenvalue weighted by molar-refractivity contribution is -0.421. The molecule has 0 aliphatic rings. The Hall–Kier alpha value is -1.85. The van der Waals surface area contributed by atoms with Gasteiger partial charge in [0.25, 0.3) is 0 Å². The van der Waals surface area contributed by atoms with Gasteiger partial charge in [0, 0.05) is 27.2 Å². The van der Waals surface area contributed by atoms with E-state index in [1.54, 1.807) is 26.0 Å². The Morgan fingerprint density at radius 1 is 1.50 bits per heavy atom. The smallest absolute Gasteiger partial charge is 0.309 e. The lowest BCUT2D eigenvalue weighted by Gasteiger charge is -2.15. The third kappa shape index (κ3) is 3.26. The highest BCUT2D eigenvalue weighted by molar-refractivity contribution is 5.65. The summed E-state index contributed by atoms with van der Waals surface area (Å²) < 4.78 is 0. The fourth-order valence-corrected chi connectivity index (χ4v) is 0.937. The molecule has 78 valence electrons. The van der Waals surface area contributed by atoms with Gasteiger partial charge in [-0.3, -0.25) is 14.9 Å². The minimum Gasteiger partial charge on any atom is -0.369 e. The third-order valence-corrected chi connectivity index (χ3v) is 1.46. The number of nitro groups is 1. The normalized spacial score (nSPS) is 12.2. The lowest BCUT2D eigenvalue weighted by atomic mass is 10.3. The van der Waals surface area contributed by atoms with Crippen LogP contribution in [0.2, 0.25) is 0 Å². The van der Waals surface area contributed by atoms with Gasteiger partial charge in [-0.15, -0.1) is 0 Å². The van der Waals surface area contributed by atoms with Crippen LogP contribution in [0.1, 0.15) is 0 Å². The van der Waals surface area contributed by atoms with E-state index < -0.39 is 4.92 Å². The Morgan fingerprint density at radius 2 is 2.07 bits per heavy atom. The van der Waals surface area contributed by atoms with Gasteiger partial charge in [-0.25, -0.2) is 0 Å². The molecule has 0 bridgehead atoms. The molecule has 0 spiro atoms. The Balaban J connectivity index is 5.19. The van der Waals surface area contributed by atoms with E-state index in [-0.39, 0.29) is 5.70 Å². The number of carbonyl (C=O) groups is 1. The fourth-order valence-electron chi connectivity index (χ4n) is 0.937. The molecule has 0 aliphatic heterocycles. The first-order valence-electron chi connectivity index (χ1n) is 3.90. The van der Waals surface area contributed by atoms with Crippen molar-refractivity contribution in [3.63, 3.8) is 0 Å². The number of hydrogen-bond acceptors (Lipinski definition) is 5. The molecule has 0 amide bonds. The summed E-state index contributed by atoms with van der Waals surface area (Å²) in [5.41, 5.74) is -0.149. The maximum Gasteiger partial charge on any atom is 0.309 e. The van der Waals surface area contributed by atoms with Gasteiger partial charge >= 0.3 is 5.70 Å². The van der Waals surface area contributed by atoms with Gasteiger partial charge < -0.3 is 10.2 Å². The second-order valence-corrected chi connectivity index (χ2v) is 2.63. The van der Waals surface area contributed by atoms with Gasteiger partial charge in [0.05, 0.1) is 4.92 Å². The quantitative estimate of drug-likeness (QED) is 0.221. The molecule has 0 heterocycles. The number of nitrogens with one attached hydrogen (secondary N) is 1. The first-order chi connectivity index (χ1) is 6.54. The van der Waals surface area contributed by atoms with Crippen LogP contribution >= 0.6 is 0 Å². The van der Waals surface area contributed by atoms with Crippen LogP contribution in [-0.4, -0.2) is 37.3 Å². The molecule has 0 aromatic heterocycles. The number of nitrogens with zero attached hydrogens (tertiary/aromatic N) is 2. The zero-order chi connectivity index (χ0) is 11.1. The highest BCUT2D eigenvalue weighted by atomic mass is 16.6. The molecular formula is C8H13N3O3. The largest absolute Gasteiger partial charge is 0.369 e. The highest BCUT2D eigenvalue weighted by Gasteiger charge is 2.15. The monoisotopic (exact) mass is 199 g/mol. The second kappa shape index (κ2) is 5.74. The molecule has 6 heteroatoms. The van der Waals surface area contributed by atoms with E-state index in [0.29, 0.717) is 12.1 Å². The van der Waals surface area contributed by atoms with Crippen molar-refractivity contribution in [3.05, 3.63) is 33.8 Å². The number of rotatable bonds is 5. The summed E-state index contributed by atoms with van der Waals surface area (Å²) in [7, 11) is 4.92. The standard InChI is InChI=1S/C8H13N3O3/c1-9-8(10(2)3)7(11(13)14)5-4-6-12/h4-6,9H,1-3H3/b5-4-,8-7-. The highest BCUT2D eigenvalue weighted by Crippen LogP contribution is 2.06. The number of aldehydes is 1. The van der Waals surface area contributed by atoms with Crippen molar-refractivity contribution in [3.8, 4) is 0 Å². The van der Waals surface area contributed by atoms with E-state index in [4.69, 9.17) is 0 Å². The topological polar surface area (TPSA) is 75.5 Å². The van der Waals surface area contributed by atoms with Crippen molar-refractivity contribution < 1.29 is 9.72 Å². The molecule has 0 rings (SSSR count). The molecule has 0 atom stereocenters. The van der Waals surface area contributed by atoms with Gasteiger partial charge in [0.2, 0.25) is 0 Å². The van der Waals surface area contributed by atoms with Crippen LogP contribution in [0, 0.1) is 10.1 Å². The van der Waals surface area contributed by atoms with E-state index in [2.05, 4.69) is 5.32 Å². The van der Waals surface area contributed by atoms with E-state index >= 15 is 0 Å². The molecular weight excluding hydrogens is 186 g/mol. The number of allylic oxidation sites excluding steroid dienone is 2. The van der Waals surface area contributed by atoms with Crippen LogP contribution in [-0.2, 0) is 4.79 Å². The maximum atomic E-state index is 10.6. The third-order valence-electron chi connectivity index (χ3n) is 1.46. The average Bonchev–Trinajstić information content (AvgIpc) is 2.10. The van der Waals surface area contributed by atoms with Crippen molar-refractivity contribution in [2.24, 2.45) is 0 Å². The molecule has 0 aromatic rings. The molecule has 14 heavy (non-hydrogen) atoms. The van der Waals surface area contributed by atoms with Crippen molar-refractivity contribution in [1.82, 2.24) is 10.2 Å². The number of hydrogen-bond donors (Lipinski definition) is 1. The van der Waals surface area contributed by atoms with Gasteiger partial charge in [-0.1, -0.05) is 0 Å². The summed E-state index contributed by atoms with van der Waals surface area (Å²) in [5.74, 6) is 0.341. The van der Waals surface area contributed by atoms with E-state index in [0.717, 1.165) is 12.2 Å². The molecule has 0 aliphatic carbocycles. The van der Waals surface area contributed by atoms with Gasteiger partial charge in [0.15, 0.2) is 5.82 Å². The van der Waals surface area contributed by atoms with Crippen LogP contribution in [0.3, 0.4) is 0 Å². The lowest BCUT2D eigenvalue weighted by Crippen LogP contribution is -2.26. The van der Waals surface area contributed by atoms with Crippen LogP contribution < -0.4 is 5.32 Å². The summed E-state index contributed by atoms with van der Waals surface area (Å²) in [6.07, 6.45) is 2.73. The summed E-state index contributed by atoms with van der Waals surface area (Å²) in [6, 6.07) is 0. The maximum absolute atomic E-state index is 10.6. The van der Waals surface area contributed by atoms with Crippen molar-refractivity contribution in [1.29, 1.82) is 0 Å². The van der Waals surface area contributed by atoms with Crippen LogP contribution in [0.5, 0.6) is 0 Å². The zero-order valence-electron chi connectivity index (χ0n) is 8.35. The molecule has 0 fully saturated rings.